The molecule has 0 radical (unpaired) electrons. The zero-order chi connectivity index (χ0) is 19.3. The molecule has 0 N–H and O–H groups in total. The average Bonchev–Trinajstić information content (AvgIpc) is 3.03. The third kappa shape index (κ3) is 4.31. The lowest BCUT2D eigenvalue weighted by molar-refractivity contribution is -0.115. The molecule has 5 nitrogen and oxygen atoms in total. The molecule has 0 unspecified atom stereocenters. The molecule has 2 heterocycles. The number of amides is 1. The van der Waals surface area contributed by atoms with E-state index in [-0.39, 0.29) is 5.91 Å². The van der Waals surface area contributed by atoms with Crippen molar-refractivity contribution >= 4 is 39.8 Å². The Balaban J connectivity index is 1.46. The number of rotatable bonds is 5. The molecule has 1 aliphatic heterocycles. The molecular formula is C21H20N2O3S2. The predicted molar refractivity (Wildman–Crippen MR) is 113 cm³/mol. The molecule has 7 heteroatoms. The molecule has 28 heavy (non-hydrogen) atoms. The van der Waals surface area contributed by atoms with Gasteiger partial charge in [-0.05, 0) is 30.3 Å². The summed E-state index contributed by atoms with van der Waals surface area (Å²) in [5, 5.41) is 2.69. The van der Waals surface area contributed by atoms with E-state index in [0.29, 0.717) is 18.3 Å². The molecule has 0 saturated carbocycles. The summed E-state index contributed by atoms with van der Waals surface area (Å²) in [7, 11) is 0. The summed E-state index contributed by atoms with van der Waals surface area (Å²) in [5.74, 6) is 2.27. The van der Waals surface area contributed by atoms with Crippen LogP contribution in [0.15, 0.2) is 58.8 Å². The fraction of sp³-hybridized carbons (Fsp3) is 0.238. The maximum atomic E-state index is 12.2. The van der Waals surface area contributed by atoms with E-state index in [1.807, 2.05) is 53.9 Å². The number of hydrogen-bond acceptors (Lipinski definition) is 6. The van der Waals surface area contributed by atoms with E-state index in [1.165, 1.54) is 11.3 Å². The van der Waals surface area contributed by atoms with Gasteiger partial charge in [-0.1, -0.05) is 18.2 Å². The highest BCUT2D eigenvalue weighted by atomic mass is 32.2. The first kappa shape index (κ1) is 18.8. The van der Waals surface area contributed by atoms with Crippen LogP contribution in [-0.4, -0.2) is 24.1 Å². The number of aromatic nitrogens is 1. The molecule has 0 saturated heterocycles. The van der Waals surface area contributed by atoms with Crippen molar-refractivity contribution in [1.29, 1.82) is 0 Å². The number of fused-ring (bicyclic) bond motifs is 1. The van der Waals surface area contributed by atoms with E-state index in [4.69, 9.17) is 9.47 Å². The number of carbonyl (C=O) groups is 1. The number of nitrogens with zero attached hydrogens (tertiary/aromatic N) is 2. The highest BCUT2D eigenvalue weighted by Crippen LogP contribution is 2.36. The minimum atomic E-state index is -0.0531. The molecule has 0 fully saturated rings. The number of thiazole rings is 1. The van der Waals surface area contributed by atoms with Crippen LogP contribution in [0.2, 0.25) is 0 Å². The van der Waals surface area contributed by atoms with Gasteiger partial charge in [0.1, 0.15) is 0 Å². The Morgan fingerprint density at radius 3 is 2.71 bits per heavy atom. The number of ether oxygens (including phenoxy) is 2. The van der Waals surface area contributed by atoms with Gasteiger partial charge < -0.3 is 9.47 Å². The van der Waals surface area contributed by atoms with Crippen molar-refractivity contribution in [2.45, 2.75) is 24.0 Å². The van der Waals surface area contributed by atoms with Crippen LogP contribution in [0.25, 0.3) is 0 Å². The standard InChI is InChI=1S/C21H20N2O3S2/c1-15(24)23(17-6-3-2-4-7-17)21-22-16(14-28-21)13-27-18-8-9-19-20(12-18)26-11-5-10-25-19/h2-4,6-9,12,14H,5,10-11,13H2,1H3. The number of para-hydroxylation sites is 1. The molecule has 2 aromatic carbocycles. The first-order valence-corrected chi connectivity index (χ1v) is 10.9. The number of benzene rings is 2. The minimum Gasteiger partial charge on any atom is -0.490 e. The highest BCUT2D eigenvalue weighted by Gasteiger charge is 2.18. The Labute approximate surface area is 172 Å². The van der Waals surface area contributed by atoms with E-state index >= 15 is 0 Å². The molecule has 3 aromatic rings. The summed E-state index contributed by atoms with van der Waals surface area (Å²) < 4.78 is 11.4. The zero-order valence-electron chi connectivity index (χ0n) is 15.5. The van der Waals surface area contributed by atoms with Crippen LogP contribution < -0.4 is 14.4 Å². The van der Waals surface area contributed by atoms with Crippen LogP contribution in [0.5, 0.6) is 11.5 Å². The van der Waals surface area contributed by atoms with Gasteiger partial charge in [-0.25, -0.2) is 4.98 Å². The van der Waals surface area contributed by atoms with E-state index < -0.39 is 0 Å². The Morgan fingerprint density at radius 2 is 1.93 bits per heavy atom. The van der Waals surface area contributed by atoms with Gasteiger partial charge in [0.2, 0.25) is 5.91 Å². The number of thioether (sulfide) groups is 1. The zero-order valence-corrected chi connectivity index (χ0v) is 17.1. The smallest absolute Gasteiger partial charge is 0.230 e. The molecule has 0 spiro atoms. The van der Waals surface area contributed by atoms with Gasteiger partial charge in [0.15, 0.2) is 16.6 Å². The molecule has 0 aliphatic carbocycles. The van der Waals surface area contributed by atoms with Crippen LogP contribution >= 0.6 is 23.1 Å². The van der Waals surface area contributed by atoms with Gasteiger partial charge in [-0.15, -0.1) is 23.1 Å². The van der Waals surface area contributed by atoms with Crippen molar-refractivity contribution in [1.82, 2.24) is 4.98 Å². The predicted octanol–water partition coefficient (Wildman–Crippen LogP) is 5.28. The van der Waals surface area contributed by atoms with Gasteiger partial charge in [0, 0.05) is 29.4 Å². The molecular weight excluding hydrogens is 392 g/mol. The maximum absolute atomic E-state index is 12.2. The highest BCUT2D eigenvalue weighted by molar-refractivity contribution is 7.98. The molecule has 1 amide bonds. The van der Waals surface area contributed by atoms with Gasteiger partial charge in [-0.2, -0.15) is 0 Å². The van der Waals surface area contributed by atoms with E-state index in [2.05, 4.69) is 4.98 Å². The first-order chi connectivity index (χ1) is 13.7. The minimum absolute atomic E-state index is 0.0531. The van der Waals surface area contributed by atoms with E-state index in [1.54, 1.807) is 23.6 Å². The summed E-state index contributed by atoms with van der Waals surface area (Å²) in [6.07, 6.45) is 0.896. The summed E-state index contributed by atoms with van der Waals surface area (Å²) in [4.78, 5) is 19.6. The van der Waals surface area contributed by atoms with Crippen LogP contribution in [0, 0.1) is 0 Å². The van der Waals surface area contributed by atoms with Crippen LogP contribution in [0.3, 0.4) is 0 Å². The number of carbonyl (C=O) groups excluding carboxylic acids is 1. The number of hydrogen-bond donors (Lipinski definition) is 0. The summed E-state index contributed by atoms with van der Waals surface area (Å²) >= 11 is 3.17. The quantitative estimate of drug-likeness (QED) is 0.534. The fourth-order valence-electron chi connectivity index (χ4n) is 2.86. The SMILES string of the molecule is CC(=O)N(c1ccccc1)c1nc(CSc2ccc3c(c2)OCCCO3)cs1. The maximum Gasteiger partial charge on any atom is 0.230 e. The Morgan fingerprint density at radius 1 is 1.14 bits per heavy atom. The third-order valence-corrected chi connectivity index (χ3v) is 6.07. The second kappa shape index (κ2) is 8.67. The fourth-order valence-corrected chi connectivity index (χ4v) is 4.67. The average molecular weight is 413 g/mol. The normalized spacial score (nSPS) is 13.0. The molecule has 144 valence electrons. The summed E-state index contributed by atoms with van der Waals surface area (Å²) in [5.41, 5.74) is 1.77. The summed E-state index contributed by atoms with van der Waals surface area (Å²) in [6.45, 7) is 2.92. The Bertz CT molecular complexity index is 959. The van der Waals surface area contributed by atoms with Crippen molar-refractivity contribution in [3.8, 4) is 11.5 Å². The topological polar surface area (TPSA) is 51.7 Å². The van der Waals surface area contributed by atoms with Crippen molar-refractivity contribution in [2.75, 3.05) is 18.1 Å². The molecule has 4 rings (SSSR count). The van der Waals surface area contributed by atoms with Gasteiger partial charge in [0.05, 0.1) is 24.6 Å². The van der Waals surface area contributed by atoms with Gasteiger partial charge in [-0.3, -0.25) is 9.69 Å². The second-order valence-electron chi connectivity index (χ2n) is 6.26. The molecule has 1 aromatic heterocycles. The van der Waals surface area contributed by atoms with Crippen LogP contribution in [0.1, 0.15) is 19.0 Å². The third-order valence-electron chi connectivity index (χ3n) is 4.17. The van der Waals surface area contributed by atoms with Gasteiger partial charge in [0.25, 0.3) is 0 Å². The largest absolute Gasteiger partial charge is 0.490 e. The number of anilines is 2. The van der Waals surface area contributed by atoms with Gasteiger partial charge >= 0.3 is 0 Å². The Hall–Kier alpha value is -2.51. The molecule has 0 atom stereocenters. The van der Waals surface area contributed by atoms with Crippen molar-refractivity contribution in [3.05, 3.63) is 59.6 Å². The van der Waals surface area contributed by atoms with Crippen LogP contribution in [0.4, 0.5) is 10.8 Å². The van der Waals surface area contributed by atoms with Crippen LogP contribution in [-0.2, 0) is 10.5 Å². The lowest BCUT2D eigenvalue weighted by Gasteiger charge is -2.17. The van der Waals surface area contributed by atoms with E-state index in [0.717, 1.165) is 39.9 Å². The molecule has 0 bridgehead atoms. The lowest BCUT2D eigenvalue weighted by Crippen LogP contribution is -2.22. The van der Waals surface area contributed by atoms with Crippen molar-refractivity contribution in [2.24, 2.45) is 0 Å². The summed E-state index contributed by atoms with van der Waals surface area (Å²) in [6, 6.07) is 15.6. The second-order valence-corrected chi connectivity index (χ2v) is 8.14. The van der Waals surface area contributed by atoms with Crippen molar-refractivity contribution in [3.63, 3.8) is 0 Å². The monoisotopic (exact) mass is 412 g/mol. The Kier molecular flexibility index (Phi) is 5.83. The van der Waals surface area contributed by atoms with Crippen molar-refractivity contribution < 1.29 is 14.3 Å². The lowest BCUT2D eigenvalue weighted by atomic mass is 10.3. The molecule has 1 aliphatic rings. The first-order valence-electron chi connectivity index (χ1n) is 9.03. The van der Waals surface area contributed by atoms with E-state index in [9.17, 15) is 4.79 Å².